The van der Waals surface area contributed by atoms with Gasteiger partial charge < -0.3 is 0 Å². The van der Waals surface area contributed by atoms with E-state index in [1.807, 2.05) is 20.8 Å². The van der Waals surface area contributed by atoms with Crippen LogP contribution in [0.5, 0.6) is 0 Å². The van der Waals surface area contributed by atoms with Gasteiger partial charge in [0.25, 0.3) is 0 Å². The summed E-state index contributed by atoms with van der Waals surface area (Å²) in [4.78, 5) is 4.69. The molecule has 0 unspecified atom stereocenters. The van der Waals surface area contributed by atoms with Crippen molar-refractivity contribution in [2.45, 2.75) is 61.5 Å². The highest BCUT2D eigenvalue weighted by Crippen LogP contribution is 2.08. The average Bonchev–Trinajstić information content (AvgIpc) is 3.22. The van der Waals surface area contributed by atoms with Gasteiger partial charge in [-0.15, -0.1) is 0 Å². The van der Waals surface area contributed by atoms with Gasteiger partial charge in [-0.25, -0.2) is 0 Å². The van der Waals surface area contributed by atoms with Gasteiger partial charge in [0.05, 0.1) is 37.1 Å². The van der Waals surface area contributed by atoms with Crippen LogP contribution in [0.2, 0.25) is 0 Å². The second kappa shape index (κ2) is 8.92. The smallest absolute Gasteiger partial charge is 0.0946 e. The van der Waals surface area contributed by atoms with Crippen molar-refractivity contribution in [1.82, 2.24) is 39.1 Å². The molecule has 3 aromatic heterocycles. The molecule has 0 aliphatic heterocycles. The highest BCUT2D eigenvalue weighted by molar-refractivity contribution is 5.08. The average molecular weight is 399 g/mol. The standard InChI is InChI=1S/C21H34N8/c1-16-10-19(4)27(22-16)13-25(7)8-9-26(14-28-20(5)11-17(2)23-28)15-29-21(6)12-18(3)24-29/h10-12H,8-9,13-15H2,1-7H3. The molecular weight excluding hydrogens is 364 g/mol. The van der Waals surface area contributed by atoms with Gasteiger partial charge in [0, 0.05) is 30.2 Å². The molecule has 0 N–H and O–H groups in total. The first-order chi connectivity index (χ1) is 13.7. The van der Waals surface area contributed by atoms with Crippen LogP contribution in [0.4, 0.5) is 0 Å². The van der Waals surface area contributed by atoms with Gasteiger partial charge in [-0.3, -0.25) is 23.8 Å². The molecule has 3 rings (SSSR count). The molecular formula is C21H34N8. The first-order valence-corrected chi connectivity index (χ1v) is 10.2. The number of hydrogen-bond acceptors (Lipinski definition) is 5. The fraction of sp³-hybridized carbons (Fsp3) is 0.571. The van der Waals surface area contributed by atoms with Gasteiger partial charge in [-0.2, -0.15) is 15.3 Å². The van der Waals surface area contributed by atoms with Crippen LogP contribution in [-0.2, 0) is 20.0 Å². The molecule has 3 aromatic rings. The predicted molar refractivity (Wildman–Crippen MR) is 114 cm³/mol. The molecule has 0 bridgehead atoms. The van der Waals surface area contributed by atoms with E-state index in [0.717, 1.165) is 50.2 Å². The van der Waals surface area contributed by atoms with Crippen LogP contribution < -0.4 is 0 Å². The highest BCUT2D eigenvalue weighted by Gasteiger charge is 2.13. The van der Waals surface area contributed by atoms with E-state index >= 15 is 0 Å². The fourth-order valence-corrected chi connectivity index (χ4v) is 3.63. The number of aromatic nitrogens is 6. The van der Waals surface area contributed by atoms with Gasteiger partial charge in [0.1, 0.15) is 0 Å². The SMILES string of the molecule is Cc1cc(C)n(CN(C)CCN(Cn2nc(C)cc2C)Cn2nc(C)cc2C)n1. The first-order valence-electron chi connectivity index (χ1n) is 10.2. The molecule has 0 aliphatic rings. The van der Waals surface area contributed by atoms with Crippen LogP contribution in [0.3, 0.4) is 0 Å². The van der Waals surface area contributed by atoms with Crippen molar-refractivity contribution in [3.05, 3.63) is 52.4 Å². The monoisotopic (exact) mass is 398 g/mol. The topological polar surface area (TPSA) is 59.9 Å². The van der Waals surface area contributed by atoms with Gasteiger partial charge in [-0.05, 0) is 66.8 Å². The Kier molecular flexibility index (Phi) is 6.54. The maximum Gasteiger partial charge on any atom is 0.0946 e. The Morgan fingerprint density at radius 2 is 1.00 bits per heavy atom. The minimum absolute atomic E-state index is 0.742. The summed E-state index contributed by atoms with van der Waals surface area (Å²) in [5, 5.41) is 13.9. The molecule has 0 saturated heterocycles. The molecule has 29 heavy (non-hydrogen) atoms. The Morgan fingerprint density at radius 3 is 1.34 bits per heavy atom. The summed E-state index contributed by atoms with van der Waals surface area (Å²) in [5.41, 5.74) is 6.71. The lowest BCUT2D eigenvalue weighted by Gasteiger charge is -2.26. The van der Waals surface area contributed by atoms with Crippen LogP contribution in [-0.4, -0.2) is 59.3 Å². The third-order valence-electron chi connectivity index (χ3n) is 5.15. The summed E-state index contributed by atoms with van der Waals surface area (Å²) in [6.45, 7) is 16.5. The van der Waals surface area contributed by atoms with Crippen molar-refractivity contribution in [2.24, 2.45) is 0 Å². The van der Waals surface area contributed by atoms with Gasteiger partial charge >= 0.3 is 0 Å². The molecule has 0 aromatic carbocycles. The highest BCUT2D eigenvalue weighted by atomic mass is 15.5. The number of nitrogens with zero attached hydrogens (tertiary/aromatic N) is 8. The Hall–Kier alpha value is -2.45. The fourth-order valence-electron chi connectivity index (χ4n) is 3.63. The van der Waals surface area contributed by atoms with E-state index in [1.165, 1.54) is 17.1 Å². The summed E-state index contributed by atoms with van der Waals surface area (Å²) in [5.74, 6) is 0. The van der Waals surface area contributed by atoms with Gasteiger partial charge in [0.2, 0.25) is 0 Å². The van der Waals surface area contributed by atoms with E-state index in [-0.39, 0.29) is 0 Å². The summed E-state index contributed by atoms with van der Waals surface area (Å²) in [6, 6.07) is 6.36. The van der Waals surface area contributed by atoms with Crippen LogP contribution in [0, 0.1) is 41.5 Å². The van der Waals surface area contributed by atoms with Crippen molar-refractivity contribution in [1.29, 1.82) is 0 Å². The third-order valence-corrected chi connectivity index (χ3v) is 5.15. The second-order valence-electron chi connectivity index (χ2n) is 8.18. The lowest BCUT2D eigenvalue weighted by atomic mass is 10.4. The normalized spacial score (nSPS) is 11.9. The zero-order valence-electron chi connectivity index (χ0n) is 18.8. The number of aryl methyl sites for hydroxylation is 6. The predicted octanol–water partition coefficient (Wildman–Crippen LogP) is 2.63. The summed E-state index contributed by atoms with van der Waals surface area (Å²) in [6.07, 6.45) is 0. The van der Waals surface area contributed by atoms with Crippen molar-refractivity contribution in [3.8, 4) is 0 Å². The van der Waals surface area contributed by atoms with E-state index in [0.29, 0.717) is 0 Å². The quantitative estimate of drug-likeness (QED) is 0.555. The zero-order valence-corrected chi connectivity index (χ0v) is 18.8. The molecule has 0 atom stereocenters. The minimum Gasteiger partial charge on any atom is -0.286 e. The first kappa shape index (κ1) is 21.3. The lowest BCUT2D eigenvalue weighted by molar-refractivity contribution is 0.123. The van der Waals surface area contributed by atoms with E-state index in [1.54, 1.807) is 0 Å². The molecule has 8 nitrogen and oxygen atoms in total. The largest absolute Gasteiger partial charge is 0.286 e. The van der Waals surface area contributed by atoms with Crippen LogP contribution in [0.25, 0.3) is 0 Å². The van der Waals surface area contributed by atoms with Crippen molar-refractivity contribution in [3.63, 3.8) is 0 Å². The molecule has 158 valence electrons. The molecule has 0 amide bonds. The number of hydrogen-bond donors (Lipinski definition) is 0. The summed E-state index contributed by atoms with van der Waals surface area (Å²) < 4.78 is 6.20. The van der Waals surface area contributed by atoms with Crippen molar-refractivity contribution in [2.75, 3.05) is 20.1 Å². The lowest BCUT2D eigenvalue weighted by Crippen LogP contribution is -2.37. The maximum absolute atomic E-state index is 4.65. The minimum atomic E-state index is 0.742. The molecule has 0 aliphatic carbocycles. The van der Waals surface area contributed by atoms with Gasteiger partial charge in [-0.1, -0.05) is 0 Å². The number of rotatable bonds is 9. The Labute approximate surface area is 173 Å². The molecule has 0 spiro atoms. The third kappa shape index (κ3) is 5.55. The van der Waals surface area contributed by atoms with E-state index in [9.17, 15) is 0 Å². The van der Waals surface area contributed by atoms with Crippen LogP contribution in [0.1, 0.15) is 34.2 Å². The Bertz CT molecular complexity index is 900. The zero-order chi connectivity index (χ0) is 21.1. The van der Waals surface area contributed by atoms with Crippen molar-refractivity contribution >= 4 is 0 Å². The Morgan fingerprint density at radius 1 is 0.621 bits per heavy atom. The number of likely N-dealkylation sites (N-methyl/N-ethyl adjacent to an activating group) is 1. The molecule has 8 heteroatoms. The van der Waals surface area contributed by atoms with Crippen molar-refractivity contribution < 1.29 is 0 Å². The van der Waals surface area contributed by atoms with Crippen LogP contribution in [0.15, 0.2) is 18.2 Å². The molecule has 0 radical (unpaired) electrons. The molecule has 3 heterocycles. The summed E-state index contributed by atoms with van der Waals surface area (Å²) in [7, 11) is 2.14. The Balaban J connectivity index is 1.67. The summed E-state index contributed by atoms with van der Waals surface area (Å²) >= 11 is 0. The van der Waals surface area contributed by atoms with Crippen LogP contribution >= 0.6 is 0 Å². The van der Waals surface area contributed by atoms with Gasteiger partial charge in [0.15, 0.2) is 0 Å². The molecule has 0 saturated carbocycles. The van der Waals surface area contributed by atoms with E-state index in [2.05, 4.69) is 85.2 Å². The van der Waals surface area contributed by atoms with E-state index < -0.39 is 0 Å². The molecule has 0 fully saturated rings. The van der Waals surface area contributed by atoms with E-state index in [4.69, 9.17) is 0 Å². The maximum atomic E-state index is 4.65. The second-order valence-corrected chi connectivity index (χ2v) is 8.18.